The fourth-order valence-corrected chi connectivity index (χ4v) is 3.58. The molecule has 0 amide bonds. The van der Waals surface area contributed by atoms with Gasteiger partial charge >= 0.3 is 0 Å². The summed E-state index contributed by atoms with van der Waals surface area (Å²) in [4.78, 5) is 14.0. The van der Waals surface area contributed by atoms with Crippen molar-refractivity contribution in [2.24, 2.45) is 10.9 Å². The molecule has 2 rings (SSSR count). The number of likely N-dealkylation sites (tertiary alicyclic amines) is 1. The molecule has 0 atom stereocenters. The minimum Gasteiger partial charge on any atom is -0.357 e. The smallest absolute Gasteiger partial charge is 0.194 e. The highest BCUT2D eigenvalue weighted by molar-refractivity contribution is 7.09. The minimum absolute atomic E-state index is 0.810. The highest BCUT2D eigenvalue weighted by Crippen LogP contribution is 2.19. The van der Waals surface area contributed by atoms with Crippen molar-refractivity contribution in [2.75, 3.05) is 40.3 Å². The van der Waals surface area contributed by atoms with E-state index in [2.05, 4.69) is 53.4 Å². The maximum atomic E-state index is 4.82. The molecule has 1 aliphatic heterocycles. The third kappa shape index (κ3) is 6.11. The van der Waals surface area contributed by atoms with Crippen LogP contribution in [-0.2, 0) is 6.54 Å². The van der Waals surface area contributed by atoms with Gasteiger partial charge in [0.05, 0.1) is 17.2 Å². The van der Waals surface area contributed by atoms with Gasteiger partial charge in [-0.2, -0.15) is 0 Å². The van der Waals surface area contributed by atoms with Crippen LogP contribution in [-0.4, -0.2) is 61.0 Å². The lowest BCUT2D eigenvalue weighted by Crippen LogP contribution is -2.38. The van der Waals surface area contributed by atoms with Crippen LogP contribution >= 0.6 is 11.3 Å². The molecule has 1 saturated heterocycles. The van der Waals surface area contributed by atoms with Gasteiger partial charge < -0.3 is 15.1 Å². The molecule has 5 nitrogen and oxygen atoms in total. The van der Waals surface area contributed by atoms with E-state index in [4.69, 9.17) is 4.99 Å². The van der Waals surface area contributed by atoms with E-state index < -0.39 is 0 Å². The summed E-state index contributed by atoms with van der Waals surface area (Å²) in [6, 6.07) is 0. The summed E-state index contributed by atoms with van der Waals surface area (Å²) in [5, 5.41) is 6.65. The molecule has 1 N–H and O–H groups in total. The van der Waals surface area contributed by atoms with Crippen molar-refractivity contribution in [2.45, 2.75) is 39.7 Å². The molecule has 0 unspecified atom stereocenters. The van der Waals surface area contributed by atoms with E-state index >= 15 is 0 Å². The van der Waals surface area contributed by atoms with Gasteiger partial charge in [-0.15, -0.1) is 11.3 Å². The maximum absolute atomic E-state index is 4.82. The van der Waals surface area contributed by atoms with Gasteiger partial charge in [0.15, 0.2) is 5.96 Å². The Morgan fingerprint density at radius 2 is 2.22 bits per heavy atom. The molecule has 1 aliphatic rings. The van der Waals surface area contributed by atoms with E-state index in [1.807, 2.05) is 0 Å². The molecule has 1 fully saturated rings. The second-order valence-electron chi connectivity index (χ2n) is 6.48. The molecule has 0 saturated carbocycles. The van der Waals surface area contributed by atoms with Crippen LogP contribution in [0.4, 0.5) is 0 Å². The highest BCUT2D eigenvalue weighted by atomic mass is 32.1. The molecule has 0 spiro atoms. The van der Waals surface area contributed by atoms with Crippen LogP contribution in [0.5, 0.6) is 0 Å². The first-order valence-electron chi connectivity index (χ1n) is 8.67. The molecule has 0 aromatic carbocycles. The molecular formula is C17H31N5S. The Balaban J connectivity index is 1.83. The van der Waals surface area contributed by atoms with Crippen LogP contribution in [0, 0.1) is 12.8 Å². The molecule has 23 heavy (non-hydrogen) atoms. The van der Waals surface area contributed by atoms with E-state index in [-0.39, 0.29) is 0 Å². The second kappa shape index (κ2) is 9.23. The van der Waals surface area contributed by atoms with Crippen molar-refractivity contribution in [3.05, 3.63) is 16.1 Å². The summed E-state index contributed by atoms with van der Waals surface area (Å²) in [7, 11) is 4.30. The van der Waals surface area contributed by atoms with Crippen LogP contribution in [0.15, 0.2) is 10.4 Å². The first-order chi connectivity index (χ1) is 11.1. The number of rotatable bonds is 6. The largest absolute Gasteiger partial charge is 0.357 e. The summed E-state index contributed by atoms with van der Waals surface area (Å²) in [5.74, 6) is 1.83. The van der Waals surface area contributed by atoms with Gasteiger partial charge in [-0.1, -0.05) is 0 Å². The Labute approximate surface area is 144 Å². The van der Waals surface area contributed by atoms with Crippen molar-refractivity contribution in [1.29, 1.82) is 0 Å². The van der Waals surface area contributed by atoms with E-state index in [1.165, 1.54) is 32.4 Å². The van der Waals surface area contributed by atoms with Crippen LogP contribution in [0.3, 0.4) is 0 Å². The van der Waals surface area contributed by atoms with Crippen molar-refractivity contribution in [1.82, 2.24) is 20.1 Å². The Bertz CT molecular complexity index is 491. The fourth-order valence-electron chi connectivity index (χ4n) is 2.97. The number of guanidine groups is 1. The Morgan fingerprint density at radius 1 is 1.48 bits per heavy atom. The lowest BCUT2D eigenvalue weighted by atomic mass is 9.94. The summed E-state index contributed by atoms with van der Waals surface area (Å²) in [6.45, 7) is 9.26. The molecule has 0 aliphatic carbocycles. The number of thiazole rings is 1. The fraction of sp³-hybridized carbons (Fsp3) is 0.765. The standard InChI is InChI=1S/C17H31N5S/c1-5-18-17(22(4)12-16-13-23-14(2)20-16)19-9-6-15-7-10-21(3)11-8-15/h13,15H,5-12H2,1-4H3,(H,18,19). The van der Waals surface area contributed by atoms with Crippen LogP contribution in [0.25, 0.3) is 0 Å². The summed E-state index contributed by atoms with van der Waals surface area (Å²) in [5.41, 5.74) is 1.12. The molecule has 0 bridgehead atoms. The van der Waals surface area contributed by atoms with Gasteiger partial charge in [0, 0.05) is 25.5 Å². The normalized spacial score (nSPS) is 17.5. The molecule has 2 heterocycles. The van der Waals surface area contributed by atoms with Gasteiger partial charge in [-0.25, -0.2) is 4.98 Å². The predicted octanol–water partition coefficient (Wildman–Crippen LogP) is 2.58. The number of hydrogen-bond acceptors (Lipinski definition) is 4. The zero-order valence-corrected chi connectivity index (χ0v) is 15.8. The van der Waals surface area contributed by atoms with Crippen molar-refractivity contribution in [3.8, 4) is 0 Å². The molecule has 6 heteroatoms. The Hall–Kier alpha value is -1.14. The highest BCUT2D eigenvalue weighted by Gasteiger charge is 2.16. The van der Waals surface area contributed by atoms with E-state index in [9.17, 15) is 0 Å². The van der Waals surface area contributed by atoms with Crippen molar-refractivity contribution in [3.63, 3.8) is 0 Å². The number of piperidine rings is 1. The minimum atomic E-state index is 0.810. The van der Waals surface area contributed by atoms with Gasteiger partial charge in [-0.05, 0) is 59.2 Å². The average Bonchev–Trinajstić information content (AvgIpc) is 2.93. The zero-order valence-electron chi connectivity index (χ0n) is 15.0. The Kier molecular flexibility index (Phi) is 7.30. The lowest BCUT2D eigenvalue weighted by molar-refractivity contribution is 0.214. The molecule has 130 valence electrons. The molecule has 1 aromatic heterocycles. The summed E-state index contributed by atoms with van der Waals surface area (Å²) in [6.07, 6.45) is 3.83. The van der Waals surface area contributed by atoms with Crippen molar-refractivity contribution < 1.29 is 0 Å². The van der Waals surface area contributed by atoms with Gasteiger partial charge in [0.25, 0.3) is 0 Å². The van der Waals surface area contributed by atoms with E-state index in [0.29, 0.717) is 0 Å². The van der Waals surface area contributed by atoms with Gasteiger partial charge in [0.1, 0.15) is 0 Å². The lowest BCUT2D eigenvalue weighted by Gasteiger charge is -2.28. The summed E-state index contributed by atoms with van der Waals surface area (Å²) < 4.78 is 0. The number of aryl methyl sites for hydroxylation is 1. The third-order valence-electron chi connectivity index (χ3n) is 4.40. The van der Waals surface area contributed by atoms with Crippen LogP contribution in [0.2, 0.25) is 0 Å². The second-order valence-corrected chi connectivity index (χ2v) is 7.55. The topological polar surface area (TPSA) is 43.8 Å². The number of nitrogens with zero attached hydrogens (tertiary/aromatic N) is 4. The third-order valence-corrected chi connectivity index (χ3v) is 5.22. The van der Waals surface area contributed by atoms with Crippen LogP contribution in [0.1, 0.15) is 36.9 Å². The first kappa shape index (κ1) is 18.2. The monoisotopic (exact) mass is 337 g/mol. The Morgan fingerprint density at radius 3 is 2.83 bits per heavy atom. The SMILES string of the molecule is CCNC(=NCCC1CCN(C)CC1)N(C)Cc1csc(C)n1. The number of aliphatic imine (C=N–C) groups is 1. The van der Waals surface area contributed by atoms with E-state index in [1.54, 1.807) is 11.3 Å². The van der Waals surface area contributed by atoms with Crippen molar-refractivity contribution >= 4 is 17.3 Å². The van der Waals surface area contributed by atoms with E-state index in [0.717, 1.165) is 42.2 Å². The molecule has 0 radical (unpaired) electrons. The maximum Gasteiger partial charge on any atom is 0.194 e. The average molecular weight is 338 g/mol. The van der Waals surface area contributed by atoms with Gasteiger partial charge in [-0.3, -0.25) is 4.99 Å². The number of hydrogen-bond donors (Lipinski definition) is 1. The number of aromatic nitrogens is 1. The van der Waals surface area contributed by atoms with Crippen LogP contribution < -0.4 is 5.32 Å². The molecule has 1 aromatic rings. The first-order valence-corrected chi connectivity index (χ1v) is 9.55. The summed E-state index contributed by atoms with van der Waals surface area (Å²) >= 11 is 1.71. The number of nitrogens with one attached hydrogen (secondary N) is 1. The predicted molar refractivity (Wildman–Crippen MR) is 99.1 cm³/mol. The quantitative estimate of drug-likeness (QED) is 0.640. The molecular weight excluding hydrogens is 306 g/mol. The van der Waals surface area contributed by atoms with Gasteiger partial charge in [0.2, 0.25) is 0 Å². The zero-order chi connectivity index (χ0) is 16.7.